The molecule has 25 heavy (non-hydrogen) atoms. The third-order valence-electron chi connectivity index (χ3n) is 4.25. The van der Waals surface area contributed by atoms with Crippen molar-refractivity contribution in [2.45, 2.75) is 26.3 Å². The van der Waals surface area contributed by atoms with E-state index in [1.54, 1.807) is 0 Å². The van der Waals surface area contributed by atoms with Gasteiger partial charge in [0, 0.05) is 0 Å². The summed E-state index contributed by atoms with van der Waals surface area (Å²) < 4.78 is 5.45. The first kappa shape index (κ1) is 17.0. The highest BCUT2D eigenvalue weighted by Gasteiger charge is 2.10. The molecule has 0 bridgehead atoms. The zero-order chi connectivity index (χ0) is 17.6. The smallest absolute Gasteiger partial charge is 0.224 e. The van der Waals surface area contributed by atoms with Gasteiger partial charge >= 0.3 is 0 Å². The van der Waals surface area contributed by atoms with Crippen LogP contribution in [0.4, 0.5) is 0 Å². The Kier molecular flexibility index (Phi) is 5.34. The van der Waals surface area contributed by atoms with Crippen LogP contribution < -0.4 is 10.1 Å². The number of carbonyl (C=O) groups is 1. The summed E-state index contributed by atoms with van der Waals surface area (Å²) in [5.41, 5.74) is 2.09. The van der Waals surface area contributed by atoms with E-state index >= 15 is 0 Å². The first-order chi connectivity index (χ1) is 12.2. The van der Waals surface area contributed by atoms with E-state index in [1.807, 2.05) is 56.3 Å². The molecule has 0 radical (unpaired) electrons. The molecule has 0 heterocycles. The highest BCUT2D eigenvalue weighted by molar-refractivity contribution is 5.85. The van der Waals surface area contributed by atoms with E-state index < -0.39 is 0 Å². The van der Waals surface area contributed by atoms with Gasteiger partial charge in [0.05, 0.1) is 19.1 Å². The van der Waals surface area contributed by atoms with Crippen molar-refractivity contribution in [2.24, 2.45) is 0 Å². The van der Waals surface area contributed by atoms with E-state index in [-0.39, 0.29) is 11.9 Å². The lowest BCUT2D eigenvalue weighted by Gasteiger charge is -2.15. The molecule has 0 saturated heterocycles. The first-order valence-electron chi connectivity index (χ1n) is 8.65. The molecule has 0 spiro atoms. The van der Waals surface area contributed by atoms with Gasteiger partial charge in [-0.25, -0.2) is 0 Å². The molecular weight excluding hydrogens is 310 g/mol. The van der Waals surface area contributed by atoms with Crippen molar-refractivity contribution in [1.29, 1.82) is 0 Å². The quantitative estimate of drug-likeness (QED) is 0.712. The molecule has 0 aromatic heterocycles. The van der Waals surface area contributed by atoms with Crippen molar-refractivity contribution >= 4 is 16.7 Å². The molecule has 0 aliphatic rings. The van der Waals surface area contributed by atoms with Gasteiger partial charge in [-0.05, 0) is 47.9 Å². The molecule has 0 fully saturated rings. The number of nitrogens with one attached hydrogen (secondary N) is 1. The largest absolute Gasteiger partial charge is 0.494 e. The number of ether oxygens (including phenoxy) is 1. The Morgan fingerprint density at radius 1 is 1.00 bits per heavy atom. The van der Waals surface area contributed by atoms with Crippen LogP contribution >= 0.6 is 0 Å². The third-order valence-corrected chi connectivity index (χ3v) is 4.25. The van der Waals surface area contributed by atoms with Crippen molar-refractivity contribution in [3.05, 3.63) is 77.9 Å². The van der Waals surface area contributed by atoms with Gasteiger partial charge in [0.15, 0.2) is 0 Å². The number of benzene rings is 3. The van der Waals surface area contributed by atoms with Crippen LogP contribution in [0.25, 0.3) is 10.8 Å². The van der Waals surface area contributed by atoms with Crippen molar-refractivity contribution in [3.63, 3.8) is 0 Å². The van der Waals surface area contributed by atoms with Crippen LogP contribution in [0.15, 0.2) is 66.7 Å². The van der Waals surface area contributed by atoms with Crippen LogP contribution in [0, 0.1) is 0 Å². The number of fused-ring (bicyclic) bond motifs is 1. The monoisotopic (exact) mass is 333 g/mol. The zero-order valence-electron chi connectivity index (χ0n) is 14.7. The maximum absolute atomic E-state index is 12.4. The van der Waals surface area contributed by atoms with Crippen molar-refractivity contribution in [1.82, 2.24) is 5.32 Å². The zero-order valence-corrected chi connectivity index (χ0v) is 14.7. The van der Waals surface area contributed by atoms with Crippen molar-refractivity contribution < 1.29 is 9.53 Å². The number of carbonyl (C=O) groups excluding carboxylic acids is 1. The molecule has 3 heteroatoms. The SMILES string of the molecule is CCOc1ccc([C@@H](C)NC(=O)Cc2ccc3ccccc3c2)cc1. The Morgan fingerprint density at radius 2 is 1.72 bits per heavy atom. The van der Waals surface area contributed by atoms with Crippen molar-refractivity contribution in [2.75, 3.05) is 6.61 Å². The Labute approximate surface area is 148 Å². The van der Waals surface area contributed by atoms with E-state index in [1.165, 1.54) is 5.39 Å². The number of hydrogen-bond donors (Lipinski definition) is 1. The molecule has 0 unspecified atom stereocenters. The lowest BCUT2D eigenvalue weighted by atomic mass is 10.0. The van der Waals surface area contributed by atoms with Gasteiger partial charge in [0.2, 0.25) is 5.91 Å². The average molecular weight is 333 g/mol. The second-order valence-electron chi connectivity index (χ2n) is 6.15. The minimum atomic E-state index is -0.0383. The molecule has 1 amide bonds. The molecule has 0 saturated carbocycles. The van der Waals surface area contributed by atoms with Gasteiger partial charge in [-0.2, -0.15) is 0 Å². The summed E-state index contributed by atoms with van der Waals surface area (Å²) >= 11 is 0. The molecule has 3 nitrogen and oxygen atoms in total. The fourth-order valence-corrected chi connectivity index (χ4v) is 2.93. The predicted octanol–water partition coefficient (Wildman–Crippen LogP) is 4.66. The molecule has 0 aliphatic carbocycles. The van der Waals surface area contributed by atoms with Crippen LogP contribution in [0.2, 0.25) is 0 Å². The standard InChI is InChI=1S/C22H23NO2/c1-3-25-21-12-10-18(11-13-21)16(2)23-22(24)15-17-8-9-19-6-4-5-7-20(19)14-17/h4-14,16H,3,15H2,1-2H3,(H,23,24)/t16-/m1/s1. The Morgan fingerprint density at radius 3 is 2.44 bits per heavy atom. The maximum Gasteiger partial charge on any atom is 0.224 e. The molecule has 0 aliphatic heterocycles. The number of hydrogen-bond acceptors (Lipinski definition) is 2. The highest BCUT2D eigenvalue weighted by atomic mass is 16.5. The summed E-state index contributed by atoms with van der Waals surface area (Å²) in [6.07, 6.45) is 0.381. The Hall–Kier alpha value is -2.81. The van der Waals surface area contributed by atoms with E-state index in [9.17, 15) is 4.79 Å². The fourth-order valence-electron chi connectivity index (χ4n) is 2.93. The summed E-state index contributed by atoms with van der Waals surface area (Å²) in [4.78, 5) is 12.4. The summed E-state index contributed by atoms with van der Waals surface area (Å²) in [6, 6.07) is 22.2. The van der Waals surface area contributed by atoms with Gasteiger partial charge in [0.25, 0.3) is 0 Å². The molecule has 1 N–H and O–H groups in total. The van der Waals surface area contributed by atoms with Crippen LogP contribution in [-0.2, 0) is 11.2 Å². The second-order valence-corrected chi connectivity index (χ2v) is 6.15. The highest BCUT2D eigenvalue weighted by Crippen LogP contribution is 2.19. The molecule has 3 aromatic rings. The number of rotatable bonds is 6. The van der Waals surface area contributed by atoms with Gasteiger partial charge in [-0.3, -0.25) is 4.79 Å². The molecule has 128 valence electrons. The second kappa shape index (κ2) is 7.84. The lowest BCUT2D eigenvalue weighted by molar-refractivity contribution is -0.121. The minimum Gasteiger partial charge on any atom is -0.494 e. The van der Waals surface area contributed by atoms with E-state index in [0.29, 0.717) is 13.0 Å². The Bertz CT molecular complexity index is 855. The summed E-state index contributed by atoms with van der Waals surface area (Å²) in [5.74, 6) is 0.873. The molecule has 3 rings (SSSR count). The van der Waals surface area contributed by atoms with Crippen molar-refractivity contribution in [3.8, 4) is 5.75 Å². The van der Waals surface area contributed by atoms with Gasteiger partial charge < -0.3 is 10.1 Å². The van der Waals surface area contributed by atoms with E-state index in [0.717, 1.165) is 22.3 Å². The van der Waals surface area contributed by atoms with Crippen LogP contribution in [0.1, 0.15) is 31.0 Å². The molecular formula is C22H23NO2. The Balaban J connectivity index is 1.62. The minimum absolute atomic E-state index is 0.0247. The molecule has 3 aromatic carbocycles. The predicted molar refractivity (Wildman–Crippen MR) is 102 cm³/mol. The average Bonchev–Trinajstić information content (AvgIpc) is 2.62. The van der Waals surface area contributed by atoms with Crippen LogP contribution in [0.5, 0.6) is 5.75 Å². The van der Waals surface area contributed by atoms with Gasteiger partial charge in [-0.1, -0.05) is 54.6 Å². The summed E-state index contributed by atoms with van der Waals surface area (Å²) in [5, 5.41) is 5.41. The van der Waals surface area contributed by atoms with Crippen LogP contribution in [0.3, 0.4) is 0 Å². The first-order valence-corrected chi connectivity index (χ1v) is 8.65. The van der Waals surface area contributed by atoms with Gasteiger partial charge in [-0.15, -0.1) is 0 Å². The maximum atomic E-state index is 12.4. The fraction of sp³-hybridized carbons (Fsp3) is 0.227. The normalized spacial score (nSPS) is 11.9. The van der Waals surface area contributed by atoms with E-state index in [4.69, 9.17) is 4.74 Å². The summed E-state index contributed by atoms with van der Waals surface area (Å²) in [7, 11) is 0. The van der Waals surface area contributed by atoms with E-state index in [2.05, 4.69) is 29.6 Å². The van der Waals surface area contributed by atoms with Gasteiger partial charge in [0.1, 0.15) is 5.75 Å². The molecule has 1 atom stereocenters. The van der Waals surface area contributed by atoms with Crippen LogP contribution in [-0.4, -0.2) is 12.5 Å². The topological polar surface area (TPSA) is 38.3 Å². The third kappa shape index (κ3) is 4.38. The lowest BCUT2D eigenvalue weighted by Crippen LogP contribution is -2.28. The summed E-state index contributed by atoms with van der Waals surface area (Å²) in [6.45, 7) is 4.61. The number of amides is 1.